The molecule has 0 spiro atoms. The van der Waals surface area contributed by atoms with Crippen LogP contribution in [0, 0.1) is 0 Å². The zero-order valence-electron chi connectivity index (χ0n) is 12.1. The molecule has 0 saturated heterocycles. The summed E-state index contributed by atoms with van der Waals surface area (Å²) in [6.45, 7) is 1.45. The summed E-state index contributed by atoms with van der Waals surface area (Å²) in [6.07, 6.45) is 12.5. The van der Waals surface area contributed by atoms with E-state index in [1.54, 1.807) is 6.20 Å². The van der Waals surface area contributed by atoms with E-state index in [-0.39, 0.29) is 30.7 Å². The summed E-state index contributed by atoms with van der Waals surface area (Å²) in [6, 6.07) is 0.621. The summed E-state index contributed by atoms with van der Waals surface area (Å²) in [5.41, 5.74) is 0.372. The van der Waals surface area contributed by atoms with Gasteiger partial charge in [-0.25, -0.2) is 4.98 Å². The lowest BCUT2D eigenvalue weighted by atomic mass is 10.1. The van der Waals surface area contributed by atoms with Crippen molar-refractivity contribution in [3.8, 4) is 0 Å². The molecular formula is C14H24Cl2N4O. The third kappa shape index (κ3) is 7.60. The SMILES string of the molecule is Cl.Cl.O=C(NCCNC1CCCCCC1)c1cnccn1. The van der Waals surface area contributed by atoms with Gasteiger partial charge in [0, 0.05) is 31.5 Å². The van der Waals surface area contributed by atoms with Gasteiger partial charge in [-0.3, -0.25) is 9.78 Å². The molecule has 7 heteroatoms. The molecule has 1 aromatic heterocycles. The van der Waals surface area contributed by atoms with Crippen molar-refractivity contribution in [1.29, 1.82) is 0 Å². The van der Waals surface area contributed by atoms with Gasteiger partial charge in [0.15, 0.2) is 0 Å². The Bertz CT molecular complexity index is 384. The van der Waals surface area contributed by atoms with Crippen molar-refractivity contribution in [2.75, 3.05) is 13.1 Å². The first-order valence-corrected chi connectivity index (χ1v) is 7.14. The molecule has 1 aromatic rings. The van der Waals surface area contributed by atoms with Crippen LogP contribution < -0.4 is 10.6 Å². The third-order valence-electron chi connectivity index (χ3n) is 3.49. The second kappa shape index (κ2) is 11.7. The van der Waals surface area contributed by atoms with Crippen LogP contribution in [0.4, 0.5) is 0 Å². The highest BCUT2D eigenvalue weighted by Crippen LogP contribution is 2.16. The first kappa shape index (κ1) is 20.1. The van der Waals surface area contributed by atoms with E-state index in [0.29, 0.717) is 18.3 Å². The summed E-state index contributed by atoms with van der Waals surface area (Å²) < 4.78 is 0. The van der Waals surface area contributed by atoms with Gasteiger partial charge in [0.25, 0.3) is 5.91 Å². The Kier molecular flexibility index (Phi) is 11.2. The number of hydrogen-bond acceptors (Lipinski definition) is 4. The number of amides is 1. The van der Waals surface area contributed by atoms with Crippen molar-refractivity contribution >= 4 is 30.7 Å². The van der Waals surface area contributed by atoms with E-state index in [1.165, 1.54) is 50.9 Å². The minimum absolute atomic E-state index is 0. The van der Waals surface area contributed by atoms with Gasteiger partial charge in [0.2, 0.25) is 0 Å². The van der Waals surface area contributed by atoms with Gasteiger partial charge in [-0.15, -0.1) is 24.8 Å². The van der Waals surface area contributed by atoms with Crippen molar-refractivity contribution in [2.24, 2.45) is 0 Å². The molecule has 0 aliphatic heterocycles. The fourth-order valence-electron chi connectivity index (χ4n) is 2.44. The van der Waals surface area contributed by atoms with E-state index < -0.39 is 0 Å². The van der Waals surface area contributed by atoms with Crippen LogP contribution in [0.2, 0.25) is 0 Å². The fraction of sp³-hybridized carbons (Fsp3) is 0.643. The highest BCUT2D eigenvalue weighted by molar-refractivity contribution is 5.91. The van der Waals surface area contributed by atoms with E-state index in [0.717, 1.165) is 6.54 Å². The number of carbonyl (C=O) groups excluding carboxylic acids is 1. The molecule has 5 nitrogen and oxygen atoms in total. The van der Waals surface area contributed by atoms with Crippen LogP contribution in [0.15, 0.2) is 18.6 Å². The van der Waals surface area contributed by atoms with Crippen molar-refractivity contribution in [3.05, 3.63) is 24.3 Å². The smallest absolute Gasteiger partial charge is 0.271 e. The van der Waals surface area contributed by atoms with Gasteiger partial charge < -0.3 is 10.6 Å². The molecule has 120 valence electrons. The zero-order chi connectivity index (χ0) is 13.3. The van der Waals surface area contributed by atoms with Crippen molar-refractivity contribution < 1.29 is 4.79 Å². The monoisotopic (exact) mass is 334 g/mol. The normalized spacial score (nSPS) is 15.2. The van der Waals surface area contributed by atoms with Gasteiger partial charge >= 0.3 is 0 Å². The van der Waals surface area contributed by atoms with Crippen LogP contribution in [0.1, 0.15) is 49.0 Å². The Balaban J connectivity index is 0.00000200. The number of halogens is 2. The summed E-state index contributed by atoms with van der Waals surface area (Å²) in [5, 5.41) is 6.37. The average molecular weight is 335 g/mol. The Morgan fingerprint density at radius 3 is 2.43 bits per heavy atom. The van der Waals surface area contributed by atoms with Crippen LogP contribution in [-0.2, 0) is 0 Å². The van der Waals surface area contributed by atoms with Crippen LogP contribution in [0.3, 0.4) is 0 Å². The quantitative estimate of drug-likeness (QED) is 0.640. The van der Waals surface area contributed by atoms with Crippen molar-refractivity contribution in [2.45, 2.75) is 44.6 Å². The van der Waals surface area contributed by atoms with Gasteiger partial charge in [-0.2, -0.15) is 0 Å². The molecule has 2 rings (SSSR count). The predicted octanol–water partition coefficient (Wildman–Crippen LogP) is 2.36. The van der Waals surface area contributed by atoms with Crippen LogP contribution in [0.25, 0.3) is 0 Å². The van der Waals surface area contributed by atoms with E-state index in [1.807, 2.05) is 0 Å². The summed E-state index contributed by atoms with van der Waals surface area (Å²) in [4.78, 5) is 19.6. The highest BCUT2D eigenvalue weighted by atomic mass is 35.5. The maximum absolute atomic E-state index is 11.7. The largest absolute Gasteiger partial charge is 0.349 e. The Morgan fingerprint density at radius 1 is 1.10 bits per heavy atom. The summed E-state index contributed by atoms with van der Waals surface area (Å²) >= 11 is 0. The molecule has 1 heterocycles. The standard InChI is InChI=1S/C14H22N4O.2ClH/c19-14(13-11-15-7-8-17-13)18-10-9-16-12-5-3-1-2-4-6-12;;/h7-8,11-12,16H,1-6,9-10H2,(H,18,19);2*1H. The number of nitrogens with one attached hydrogen (secondary N) is 2. The molecule has 1 saturated carbocycles. The first-order chi connectivity index (χ1) is 9.36. The maximum atomic E-state index is 11.7. The lowest BCUT2D eigenvalue weighted by molar-refractivity contribution is 0.0948. The van der Waals surface area contributed by atoms with E-state index >= 15 is 0 Å². The minimum Gasteiger partial charge on any atom is -0.349 e. The predicted molar refractivity (Wildman–Crippen MR) is 88.4 cm³/mol. The molecular weight excluding hydrogens is 311 g/mol. The highest BCUT2D eigenvalue weighted by Gasteiger charge is 2.11. The number of carbonyl (C=O) groups is 1. The van der Waals surface area contributed by atoms with Crippen molar-refractivity contribution in [3.63, 3.8) is 0 Å². The van der Waals surface area contributed by atoms with Crippen molar-refractivity contribution in [1.82, 2.24) is 20.6 Å². The molecule has 2 N–H and O–H groups in total. The lowest BCUT2D eigenvalue weighted by Crippen LogP contribution is -2.37. The molecule has 1 aliphatic rings. The molecule has 21 heavy (non-hydrogen) atoms. The summed E-state index contributed by atoms with van der Waals surface area (Å²) in [5.74, 6) is -0.157. The van der Waals surface area contributed by atoms with Gasteiger partial charge in [-0.1, -0.05) is 25.7 Å². The lowest BCUT2D eigenvalue weighted by Gasteiger charge is -2.16. The summed E-state index contributed by atoms with van der Waals surface area (Å²) in [7, 11) is 0. The van der Waals surface area contributed by atoms with Gasteiger partial charge in [0.1, 0.15) is 5.69 Å². The van der Waals surface area contributed by atoms with Gasteiger partial charge in [-0.05, 0) is 12.8 Å². The zero-order valence-corrected chi connectivity index (χ0v) is 13.7. The molecule has 0 unspecified atom stereocenters. The number of hydrogen-bond donors (Lipinski definition) is 2. The minimum atomic E-state index is -0.157. The Hall–Kier alpha value is -0.910. The molecule has 0 atom stereocenters. The van der Waals surface area contributed by atoms with E-state index in [4.69, 9.17) is 0 Å². The average Bonchev–Trinajstić information content (AvgIpc) is 2.73. The van der Waals surface area contributed by atoms with Gasteiger partial charge in [0.05, 0.1) is 6.20 Å². The molecule has 0 aromatic carbocycles. The number of rotatable bonds is 5. The van der Waals surface area contributed by atoms with E-state index in [9.17, 15) is 4.79 Å². The van der Waals surface area contributed by atoms with E-state index in [2.05, 4.69) is 20.6 Å². The second-order valence-corrected chi connectivity index (χ2v) is 4.99. The maximum Gasteiger partial charge on any atom is 0.271 e. The Labute approximate surface area is 138 Å². The molecule has 0 bridgehead atoms. The molecule has 0 radical (unpaired) electrons. The molecule has 1 aliphatic carbocycles. The first-order valence-electron chi connectivity index (χ1n) is 7.14. The fourth-order valence-corrected chi connectivity index (χ4v) is 2.44. The third-order valence-corrected chi connectivity index (χ3v) is 3.49. The number of aromatic nitrogens is 2. The van der Waals surface area contributed by atoms with Crippen LogP contribution in [0.5, 0.6) is 0 Å². The van der Waals surface area contributed by atoms with Crippen LogP contribution >= 0.6 is 24.8 Å². The Morgan fingerprint density at radius 2 is 1.81 bits per heavy atom. The second-order valence-electron chi connectivity index (χ2n) is 4.99. The number of nitrogens with zero attached hydrogens (tertiary/aromatic N) is 2. The molecule has 1 fully saturated rings. The topological polar surface area (TPSA) is 66.9 Å². The van der Waals surface area contributed by atoms with Crippen LogP contribution in [-0.4, -0.2) is 35.0 Å². The molecule has 1 amide bonds.